The minimum atomic E-state index is -0.271. The number of rotatable bonds is 4. The van der Waals surface area contributed by atoms with Gasteiger partial charge in [-0.05, 0) is 74.7 Å². The molecule has 1 amide bonds. The van der Waals surface area contributed by atoms with Crippen LogP contribution in [0.4, 0.5) is 11.4 Å². The third-order valence-electron chi connectivity index (χ3n) is 5.20. The number of hydrogen-bond acceptors (Lipinski definition) is 3. The number of carbonyl (C=O) groups is 1. The van der Waals surface area contributed by atoms with Crippen LogP contribution in [-0.2, 0) is 0 Å². The Hall–Kier alpha value is -2.72. The van der Waals surface area contributed by atoms with E-state index in [9.17, 15) is 4.79 Å². The zero-order valence-electron chi connectivity index (χ0n) is 15.8. The molecule has 4 nitrogen and oxygen atoms in total. The minimum absolute atomic E-state index is 0.267. The Morgan fingerprint density at radius 3 is 2.68 bits per heavy atom. The van der Waals surface area contributed by atoms with Gasteiger partial charge in [0.1, 0.15) is 5.76 Å². The molecule has 0 saturated carbocycles. The third-order valence-corrected chi connectivity index (χ3v) is 5.43. The molecule has 1 N–H and O–H groups in total. The van der Waals surface area contributed by atoms with Crippen LogP contribution in [0.15, 0.2) is 65.1 Å². The third kappa shape index (κ3) is 4.07. The number of nitrogens with one attached hydrogen (secondary N) is 1. The van der Waals surface area contributed by atoms with Gasteiger partial charge >= 0.3 is 0 Å². The zero-order chi connectivity index (χ0) is 19.5. The second-order valence-corrected chi connectivity index (χ2v) is 7.65. The van der Waals surface area contributed by atoms with Crippen molar-refractivity contribution in [1.29, 1.82) is 0 Å². The monoisotopic (exact) mass is 394 g/mol. The van der Waals surface area contributed by atoms with E-state index in [1.54, 1.807) is 18.2 Å². The molecule has 28 heavy (non-hydrogen) atoms. The maximum absolute atomic E-state index is 12.5. The Morgan fingerprint density at radius 2 is 1.93 bits per heavy atom. The van der Waals surface area contributed by atoms with Crippen LogP contribution in [0.5, 0.6) is 0 Å². The molecule has 1 saturated heterocycles. The van der Waals surface area contributed by atoms with Gasteiger partial charge in [0.2, 0.25) is 0 Å². The Labute approximate surface area is 170 Å². The van der Waals surface area contributed by atoms with Crippen molar-refractivity contribution in [2.45, 2.75) is 32.2 Å². The van der Waals surface area contributed by atoms with Crippen molar-refractivity contribution in [1.82, 2.24) is 0 Å². The van der Waals surface area contributed by atoms with Crippen LogP contribution in [0, 0.1) is 0 Å². The van der Waals surface area contributed by atoms with Gasteiger partial charge in [-0.3, -0.25) is 4.79 Å². The molecule has 1 aliphatic rings. The highest BCUT2D eigenvalue weighted by atomic mass is 35.5. The quantitative estimate of drug-likeness (QED) is 0.570. The van der Waals surface area contributed by atoms with E-state index in [0.29, 0.717) is 16.8 Å². The Balaban J connectivity index is 1.44. The highest BCUT2D eigenvalue weighted by Gasteiger charge is 2.18. The summed E-state index contributed by atoms with van der Waals surface area (Å²) in [5, 5.41) is 3.53. The van der Waals surface area contributed by atoms with Crippen molar-refractivity contribution in [3.05, 3.63) is 71.4 Å². The lowest BCUT2D eigenvalue weighted by Crippen LogP contribution is -2.37. The van der Waals surface area contributed by atoms with Crippen LogP contribution in [0.2, 0.25) is 5.02 Å². The average Bonchev–Trinajstić information content (AvgIpc) is 3.20. The topological polar surface area (TPSA) is 45.5 Å². The summed E-state index contributed by atoms with van der Waals surface area (Å²) in [5.74, 6) is 0.609. The standard InChI is InChI=1S/C23H23ClN2O2/c1-16-5-2-3-14-26(16)20-10-8-19(9-11-20)25-23(27)22-13-12-21(28-22)17-6-4-7-18(24)15-17/h4,6-13,15-16H,2-3,5,14H2,1H3,(H,25,27)/t16-/m0/s1. The molecule has 2 aromatic carbocycles. The van der Waals surface area contributed by atoms with Crippen molar-refractivity contribution >= 4 is 28.9 Å². The van der Waals surface area contributed by atoms with Crippen molar-refractivity contribution < 1.29 is 9.21 Å². The number of carbonyl (C=O) groups excluding carboxylic acids is 1. The molecule has 1 aromatic heterocycles. The van der Waals surface area contributed by atoms with Gasteiger partial charge in [-0.2, -0.15) is 0 Å². The van der Waals surface area contributed by atoms with Crippen molar-refractivity contribution in [2.24, 2.45) is 0 Å². The lowest BCUT2D eigenvalue weighted by atomic mass is 10.0. The second-order valence-electron chi connectivity index (χ2n) is 7.21. The molecule has 0 spiro atoms. The summed E-state index contributed by atoms with van der Waals surface area (Å²) in [4.78, 5) is 15.0. The summed E-state index contributed by atoms with van der Waals surface area (Å²) in [6.07, 6.45) is 3.76. The number of anilines is 2. The summed E-state index contributed by atoms with van der Waals surface area (Å²) >= 11 is 6.02. The SMILES string of the molecule is C[C@H]1CCCCN1c1ccc(NC(=O)c2ccc(-c3cccc(Cl)c3)o2)cc1. The Bertz CT molecular complexity index is 965. The molecule has 144 valence electrons. The molecule has 1 atom stereocenters. The first-order valence-electron chi connectivity index (χ1n) is 9.64. The van der Waals surface area contributed by atoms with E-state index in [4.69, 9.17) is 16.0 Å². The minimum Gasteiger partial charge on any atom is -0.451 e. The number of piperidine rings is 1. The van der Waals surface area contributed by atoms with E-state index in [2.05, 4.69) is 29.3 Å². The van der Waals surface area contributed by atoms with Gasteiger partial charge in [0.15, 0.2) is 5.76 Å². The largest absolute Gasteiger partial charge is 0.451 e. The summed E-state index contributed by atoms with van der Waals surface area (Å²) in [6.45, 7) is 3.36. The molecule has 0 radical (unpaired) electrons. The van der Waals surface area contributed by atoms with Gasteiger partial charge in [-0.15, -0.1) is 0 Å². The van der Waals surface area contributed by atoms with Crippen LogP contribution < -0.4 is 10.2 Å². The lowest BCUT2D eigenvalue weighted by molar-refractivity contribution is 0.0997. The zero-order valence-corrected chi connectivity index (χ0v) is 16.6. The van der Waals surface area contributed by atoms with Gasteiger partial charge in [-0.1, -0.05) is 23.7 Å². The van der Waals surface area contributed by atoms with E-state index in [1.807, 2.05) is 30.3 Å². The highest BCUT2D eigenvalue weighted by Crippen LogP contribution is 2.27. The first-order chi connectivity index (χ1) is 13.6. The van der Waals surface area contributed by atoms with Crippen molar-refractivity contribution in [3.8, 4) is 11.3 Å². The number of amides is 1. The van der Waals surface area contributed by atoms with E-state index in [-0.39, 0.29) is 11.7 Å². The molecule has 1 aliphatic heterocycles. The fourth-order valence-corrected chi connectivity index (χ4v) is 3.86. The fourth-order valence-electron chi connectivity index (χ4n) is 3.67. The smallest absolute Gasteiger partial charge is 0.291 e. The normalized spacial score (nSPS) is 16.8. The first kappa shape index (κ1) is 18.6. The second kappa shape index (κ2) is 8.11. The predicted octanol–water partition coefficient (Wildman–Crippen LogP) is 6.23. The molecule has 5 heteroatoms. The summed E-state index contributed by atoms with van der Waals surface area (Å²) in [5.41, 5.74) is 2.79. The van der Waals surface area contributed by atoms with E-state index >= 15 is 0 Å². The van der Waals surface area contributed by atoms with Crippen LogP contribution in [0.1, 0.15) is 36.7 Å². The van der Waals surface area contributed by atoms with Gasteiger partial charge in [0.25, 0.3) is 5.91 Å². The predicted molar refractivity (Wildman–Crippen MR) is 114 cm³/mol. The maximum atomic E-state index is 12.5. The van der Waals surface area contributed by atoms with Gasteiger partial charge < -0.3 is 14.6 Å². The summed E-state index contributed by atoms with van der Waals surface area (Å²) < 4.78 is 5.71. The molecular weight excluding hydrogens is 372 g/mol. The number of hydrogen-bond donors (Lipinski definition) is 1. The summed E-state index contributed by atoms with van der Waals surface area (Å²) in [7, 11) is 0. The molecule has 0 aliphatic carbocycles. The number of furan rings is 1. The van der Waals surface area contributed by atoms with Crippen molar-refractivity contribution in [3.63, 3.8) is 0 Å². The van der Waals surface area contributed by atoms with E-state index in [1.165, 1.54) is 24.9 Å². The highest BCUT2D eigenvalue weighted by molar-refractivity contribution is 6.30. The van der Waals surface area contributed by atoms with Crippen LogP contribution in [0.25, 0.3) is 11.3 Å². The number of benzene rings is 2. The van der Waals surface area contributed by atoms with Gasteiger partial charge in [0.05, 0.1) is 0 Å². The fraction of sp³-hybridized carbons (Fsp3) is 0.261. The molecule has 3 aromatic rings. The molecule has 0 unspecified atom stereocenters. The average molecular weight is 395 g/mol. The summed E-state index contributed by atoms with van der Waals surface area (Å²) in [6, 6.07) is 19.4. The number of halogens is 1. The lowest BCUT2D eigenvalue weighted by Gasteiger charge is -2.35. The van der Waals surface area contributed by atoms with Crippen LogP contribution in [0.3, 0.4) is 0 Å². The molecule has 2 heterocycles. The Morgan fingerprint density at radius 1 is 1.11 bits per heavy atom. The Kier molecular flexibility index (Phi) is 5.40. The van der Waals surface area contributed by atoms with E-state index < -0.39 is 0 Å². The van der Waals surface area contributed by atoms with Crippen LogP contribution in [-0.4, -0.2) is 18.5 Å². The molecule has 4 rings (SSSR count). The first-order valence-corrected chi connectivity index (χ1v) is 10.0. The molecule has 0 bridgehead atoms. The molecule has 1 fully saturated rings. The van der Waals surface area contributed by atoms with Crippen LogP contribution >= 0.6 is 11.6 Å². The number of nitrogens with zero attached hydrogens (tertiary/aromatic N) is 1. The maximum Gasteiger partial charge on any atom is 0.291 e. The van der Waals surface area contributed by atoms with Crippen molar-refractivity contribution in [2.75, 3.05) is 16.8 Å². The van der Waals surface area contributed by atoms with Gasteiger partial charge in [0, 0.05) is 34.5 Å². The van der Waals surface area contributed by atoms with Gasteiger partial charge in [-0.25, -0.2) is 0 Å². The van der Waals surface area contributed by atoms with E-state index in [0.717, 1.165) is 17.8 Å². The molecular formula is C23H23ClN2O2.